The van der Waals surface area contributed by atoms with E-state index in [4.69, 9.17) is 10.8 Å². The lowest BCUT2D eigenvalue weighted by atomic mass is 10.0. The van der Waals surface area contributed by atoms with Crippen molar-refractivity contribution in [3.05, 3.63) is 29.3 Å². The Kier molecular flexibility index (Phi) is 6.26. The van der Waals surface area contributed by atoms with Gasteiger partial charge in [-0.2, -0.15) is 0 Å². The largest absolute Gasteiger partial charge is 0.478 e. The monoisotopic (exact) mass is 249 g/mol. The Morgan fingerprint density at radius 1 is 1.17 bits per heavy atom. The third kappa shape index (κ3) is 4.40. The third-order valence-corrected chi connectivity index (χ3v) is 3.23. The van der Waals surface area contributed by atoms with Crippen molar-refractivity contribution in [3.8, 4) is 0 Å². The van der Waals surface area contributed by atoms with Crippen LogP contribution in [0.4, 0.5) is 5.69 Å². The van der Waals surface area contributed by atoms with Crippen LogP contribution in [0.2, 0.25) is 0 Å². The Hall–Kier alpha value is -1.51. The van der Waals surface area contributed by atoms with Crippen molar-refractivity contribution in [2.45, 2.75) is 51.9 Å². The molecule has 0 radical (unpaired) electrons. The number of nitrogens with two attached hydrogens (primary N) is 1. The Bertz CT molecular complexity index is 388. The molecule has 3 heteroatoms. The normalized spacial score (nSPS) is 10.5. The Labute approximate surface area is 109 Å². The molecule has 18 heavy (non-hydrogen) atoms. The Morgan fingerprint density at radius 3 is 2.50 bits per heavy atom. The fraction of sp³-hybridized carbons (Fsp3) is 0.533. The first kappa shape index (κ1) is 14.6. The minimum absolute atomic E-state index is 0.221. The first-order valence-corrected chi connectivity index (χ1v) is 6.77. The Balaban J connectivity index is 2.43. The van der Waals surface area contributed by atoms with E-state index in [0.29, 0.717) is 5.69 Å². The molecule has 3 N–H and O–H groups in total. The molecule has 1 rings (SSSR count). The molecule has 0 fully saturated rings. The van der Waals surface area contributed by atoms with Crippen molar-refractivity contribution in [2.24, 2.45) is 0 Å². The van der Waals surface area contributed by atoms with Crippen molar-refractivity contribution >= 4 is 11.7 Å². The quantitative estimate of drug-likeness (QED) is 0.543. The molecule has 0 saturated heterocycles. The number of anilines is 1. The lowest BCUT2D eigenvalue weighted by Gasteiger charge is -2.08. The molecule has 0 aliphatic rings. The molecule has 0 aliphatic carbocycles. The van der Waals surface area contributed by atoms with Gasteiger partial charge in [0.15, 0.2) is 0 Å². The lowest BCUT2D eigenvalue weighted by Crippen LogP contribution is -2.05. The maximum absolute atomic E-state index is 10.9. The van der Waals surface area contributed by atoms with E-state index >= 15 is 0 Å². The third-order valence-electron chi connectivity index (χ3n) is 3.23. The van der Waals surface area contributed by atoms with E-state index in [9.17, 15) is 4.79 Å². The van der Waals surface area contributed by atoms with Gasteiger partial charge in [-0.25, -0.2) is 4.79 Å². The van der Waals surface area contributed by atoms with Gasteiger partial charge in [-0.1, -0.05) is 51.2 Å². The summed E-state index contributed by atoms with van der Waals surface area (Å²) in [5.41, 5.74) is 7.48. The number of hydrogen-bond donors (Lipinski definition) is 2. The highest BCUT2D eigenvalue weighted by Crippen LogP contribution is 2.20. The smallest absolute Gasteiger partial charge is 0.337 e. The molecular weight excluding hydrogens is 226 g/mol. The van der Waals surface area contributed by atoms with Crippen molar-refractivity contribution in [1.82, 2.24) is 0 Å². The SMILES string of the molecule is CCCCCCCCc1cccc(C(=O)O)c1N. The molecule has 100 valence electrons. The highest BCUT2D eigenvalue weighted by Gasteiger charge is 2.10. The number of benzene rings is 1. The van der Waals surface area contributed by atoms with Gasteiger partial charge in [0.05, 0.1) is 5.56 Å². The average molecular weight is 249 g/mol. The number of hydrogen-bond acceptors (Lipinski definition) is 2. The van der Waals surface area contributed by atoms with E-state index in [1.165, 1.54) is 32.1 Å². The number of carboxylic acids is 1. The van der Waals surface area contributed by atoms with Gasteiger partial charge in [-0.3, -0.25) is 0 Å². The first-order chi connectivity index (χ1) is 8.66. The minimum atomic E-state index is -0.947. The summed E-state index contributed by atoms with van der Waals surface area (Å²) in [6.45, 7) is 2.21. The molecule has 0 aliphatic heterocycles. The van der Waals surface area contributed by atoms with Crippen molar-refractivity contribution in [3.63, 3.8) is 0 Å². The van der Waals surface area contributed by atoms with E-state index in [0.717, 1.165) is 18.4 Å². The zero-order chi connectivity index (χ0) is 13.4. The van der Waals surface area contributed by atoms with E-state index in [2.05, 4.69) is 6.92 Å². The topological polar surface area (TPSA) is 63.3 Å². The van der Waals surface area contributed by atoms with Gasteiger partial charge < -0.3 is 10.8 Å². The van der Waals surface area contributed by atoms with E-state index in [1.807, 2.05) is 6.07 Å². The van der Waals surface area contributed by atoms with Gasteiger partial charge >= 0.3 is 5.97 Å². The Morgan fingerprint density at radius 2 is 1.83 bits per heavy atom. The van der Waals surface area contributed by atoms with Crippen LogP contribution in [0, 0.1) is 0 Å². The molecule has 0 spiro atoms. The number of unbranched alkanes of at least 4 members (excludes halogenated alkanes) is 5. The highest BCUT2D eigenvalue weighted by atomic mass is 16.4. The summed E-state index contributed by atoms with van der Waals surface area (Å²) < 4.78 is 0. The maximum atomic E-state index is 10.9. The molecule has 0 atom stereocenters. The van der Waals surface area contributed by atoms with Gasteiger partial charge in [0.2, 0.25) is 0 Å². The number of para-hydroxylation sites is 1. The van der Waals surface area contributed by atoms with Crippen LogP contribution in [0.15, 0.2) is 18.2 Å². The fourth-order valence-corrected chi connectivity index (χ4v) is 2.11. The molecule has 0 bridgehead atoms. The number of carboxylic acid groups (broad SMARTS) is 1. The zero-order valence-corrected chi connectivity index (χ0v) is 11.1. The number of carbonyl (C=O) groups is 1. The van der Waals surface area contributed by atoms with Gasteiger partial charge in [0.25, 0.3) is 0 Å². The molecule has 0 saturated carbocycles. The average Bonchev–Trinajstić information content (AvgIpc) is 2.35. The summed E-state index contributed by atoms with van der Waals surface area (Å²) in [5.74, 6) is -0.947. The zero-order valence-electron chi connectivity index (χ0n) is 11.1. The number of aromatic carboxylic acids is 1. The van der Waals surface area contributed by atoms with E-state index in [1.54, 1.807) is 12.1 Å². The summed E-state index contributed by atoms with van der Waals surface area (Å²) in [6, 6.07) is 5.25. The van der Waals surface area contributed by atoms with Gasteiger partial charge in [-0.05, 0) is 24.5 Å². The second-order valence-electron chi connectivity index (χ2n) is 4.70. The van der Waals surface area contributed by atoms with Crippen LogP contribution in [0.5, 0.6) is 0 Å². The second-order valence-corrected chi connectivity index (χ2v) is 4.70. The molecule has 0 unspecified atom stereocenters. The fourth-order valence-electron chi connectivity index (χ4n) is 2.11. The predicted octanol–water partition coefficient (Wildman–Crippen LogP) is 3.87. The molecule has 1 aromatic carbocycles. The van der Waals surface area contributed by atoms with Crippen LogP contribution in [0.1, 0.15) is 61.4 Å². The molecule has 0 heterocycles. The maximum Gasteiger partial charge on any atom is 0.337 e. The standard InChI is InChI=1S/C15H23NO2/c1-2-3-4-5-6-7-9-12-10-8-11-13(14(12)16)15(17)18/h8,10-11H,2-7,9,16H2,1H3,(H,17,18). The van der Waals surface area contributed by atoms with Crippen LogP contribution in [-0.4, -0.2) is 11.1 Å². The summed E-state index contributed by atoms with van der Waals surface area (Å²) in [5, 5.41) is 8.98. The van der Waals surface area contributed by atoms with Crippen LogP contribution >= 0.6 is 0 Å². The molecular formula is C15H23NO2. The summed E-state index contributed by atoms with van der Waals surface area (Å²) in [4.78, 5) is 10.9. The molecule has 0 amide bonds. The number of rotatable bonds is 8. The first-order valence-electron chi connectivity index (χ1n) is 6.77. The number of nitrogen functional groups attached to an aromatic ring is 1. The van der Waals surface area contributed by atoms with Crippen LogP contribution in [0.25, 0.3) is 0 Å². The summed E-state index contributed by atoms with van der Waals surface area (Å²) >= 11 is 0. The predicted molar refractivity (Wildman–Crippen MR) is 74.9 cm³/mol. The van der Waals surface area contributed by atoms with Gasteiger partial charge in [0, 0.05) is 5.69 Å². The summed E-state index contributed by atoms with van der Waals surface area (Å²) in [6.07, 6.45) is 8.25. The molecule has 3 nitrogen and oxygen atoms in total. The van der Waals surface area contributed by atoms with Crippen molar-refractivity contribution in [1.29, 1.82) is 0 Å². The van der Waals surface area contributed by atoms with Gasteiger partial charge in [-0.15, -0.1) is 0 Å². The van der Waals surface area contributed by atoms with Gasteiger partial charge in [0.1, 0.15) is 0 Å². The lowest BCUT2D eigenvalue weighted by molar-refractivity contribution is 0.0698. The summed E-state index contributed by atoms with van der Waals surface area (Å²) in [7, 11) is 0. The van der Waals surface area contributed by atoms with Crippen molar-refractivity contribution < 1.29 is 9.90 Å². The van der Waals surface area contributed by atoms with E-state index in [-0.39, 0.29) is 5.56 Å². The van der Waals surface area contributed by atoms with Crippen LogP contribution in [0.3, 0.4) is 0 Å². The second kappa shape index (κ2) is 7.75. The van der Waals surface area contributed by atoms with Crippen molar-refractivity contribution in [2.75, 3.05) is 5.73 Å². The minimum Gasteiger partial charge on any atom is -0.478 e. The van der Waals surface area contributed by atoms with Crippen LogP contribution in [-0.2, 0) is 6.42 Å². The highest BCUT2D eigenvalue weighted by molar-refractivity contribution is 5.94. The molecule has 1 aromatic rings. The molecule has 0 aromatic heterocycles. The van der Waals surface area contributed by atoms with E-state index < -0.39 is 5.97 Å². The van der Waals surface area contributed by atoms with Crippen LogP contribution < -0.4 is 5.73 Å². The number of aryl methyl sites for hydroxylation is 1.